The van der Waals surface area contributed by atoms with Crippen molar-refractivity contribution in [1.82, 2.24) is 15.0 Å². The summed E-state index contributed by atoms with van der Waals surface area (Å²) in [6.45, 7) is 6.06. The van der Waals surface area contributed by atoms with Gasteiger partial charge in [-0.15, -0.1) is 0 Å². The molecular formula is C26H24FN3O2S. The summed E-state index contributed by atoms with van der Waals surface area (Å²) in [5.41, 5.74) is 5.74. The van der Waals surface area contributed by atoms with Crippen LogP contribution in [-0.4, -0.2) is 29.1 Å². The fourth-order valence-corrected chi connectivity index (χ4v) is 5.78. The molecule has 5 nitrogen and oxygen atoms in total. The van der Waals surface area contributed by atoms with E-state index in [4.69, 9.17) is 4.98 Å². The van der Waals surface area contributed by atoms with Gasteiger partial charge in [0.15, 0.2) is 9.84 Å². The van der Waals surface area contributed by atoms with E-state index in [0.29, 0.717) is 28.1 Å². The van der Waals surface area contributed by atoms with Gasteiger partial charge in [-0.25, -0.2) is 17.8 Å². The normalized spacial score (nSPS) is 14.6. The van der Waals surface area contributed by atoms with Crippen LogP contribution in [0.25, 0.3) is 33.8 Å². The van der Waals surface area contributed by atoms with Crippen LogP contribution in [-0.2, 0) is 16.3 Å². The number of fused-ring (bicyclic) bond motifs is 1. The third-order valence-corrected chi connectivity index (χ3v) is 7.81. The Hall–Kier alpha value is -3.32. The molecule has 0 fully saturated rings. The molecule has 1 N–H and O–H groups in total. The Kier molecular flexibility index (Phi) is 5.16. The van der Waals surface area contributed by atoms with Crippen molar-refractivity contribution in [1.29, 1.82) is 0 Å². The zero-order valence-electron chi connectivity index (χ0n) is 18.7. The van der Waals surface area contributed by atoms with E-state index in [1.807, 2.05) is 25.1 Å². The van der Waals surface area contributed by atoms with E-state index in [1.54, 1.807) is 30.3 Å². The summed E-state index contributed by atoms with van der Waals surface area (Å²) in [5, 5.41) is 0. The number of nitrogens with one attached hydrogen (secondary N) is 1. The highest BCUT2D eigenvalue weighted by atomic mass is 32.2. The topological polar surface area (TPSA) is 75.7 Å². The number of nitrogens with zero attached hydrogens (tertiary/aromatic N) is 2. The minimum Gasteiger partial charge on any atom is -0.340 e. The van der Waals surface area contributed by atoms with Crippen LogP contribution in [0.5, 0.6) is 0 Å². The zero-order valence-corrected chi connectivity index (χ0v) is 19.5. The number of aromatic amines is 1. The second kappa shape index (κ2) is 7.92. The standard InChI is InChI=1S/C26H24FN3O2S/c1-15(2)26-29-24(25(30-26)22-6-4-5-16(3)28-22)19-7-9-21(27)20(14-19)17-8-10-23-18(13-17)11-12-33(23,31)32/h4-10,13-15H,11-12H2,1-3H3,(H,29,30). The molecule has 7 heteroatoms. The molecule has 1 aliphatic heterocycles. The van der Waals surface area contributed by atoms with Crippen molar-refractivity contribution in [3.8, 4) is 33.8 Å². The number of sulfone groups is 1. The molecule has 1 aliphatic rings. The first kappa shape index (κ1) is 21.5. The lowest BCUT2D eigenvalue weighted by molar-refractivity contribution is 0.600. The number of rotatable bonds is 4. The fraction of sp³-hybridized carbons (Fsp3) is 0.231. The third-order valence-electron chi connectivity index (χ3n) is 6.00. The molecule has 4 aromatic rings. The average molecular weight is 462 g/mol. The molecule has 0 unspecified atom stereocenters. The Morgan fingerprint density at radius 2 is 1.79 bits per heavy atom. The Bertz CT molecular complexity index is 1490. The monoisotopic (exact) mass is 461 g/mol. The van der Waals surface area contributed by atoms with Crippen LogP contribution in [0.3, 0.4) is 0 Å². The molecule has 0 bridgehead atoms. The molecule has 2 aromatic heterocycles. The summed E-state index contributed by atoms with van der Waals surface area (Å²) in [6, 6.07) is 15.8. The Morgan fingerprint density at radius 3 is 2.55 bits per heavy atom. The van der Waals surface area contributed by atoms with E-state index in [0.717, 1.165) is 34.0 Å². The van der Waals surface area contributed by atoms with E-state index < -0.39 is 9.84 Å². The van der Waals surface area contributed by atoms with Gasteiger partial charge in [-0.1, -0.05) is 26.0 Å². The molecule has 5 rings (SSSR count). The van der Waals surface area contributed by atoms with Gasteiger partial charge < -0.3 is 4.98 Å². The summed E-state index contributed by atoms with van der Waals surface area (Å²) < 4.78 is 39.3. The molecule has 0 radical (unpaired) electrons. The van der Waals surface area contributed by atoms with Crippen LogP contribution in [0.4, 0.5) is 4.39 Å². The maximum atomic E-state index is 14.9. The van der Waals surface area contributed by atoms with Gasteiger partial charge in [-0.2, -0.15) is 0 Å². The number of H-pyrrole nitrogens is 1. The van der Waals surface area contributed by atoms with Gasteiger partial charge in [0, 0.05) is 22.7 Å². The molecule has 0 saturated heterocycles. The Labute approximate surface area is 192 Å². The minimum absolute atomic E-state index is 0.104. The lowest BCUT2D eigenvalue weighted by atomic mass is 9.98. The average Bonchev–Trinajstić information content (AvgIpc) is 3.36. The number of halogens is 1. The number of imidazole rings is 1. The van der Waals surface area contributed by atoms with Crippen LogP contribution >= 0.6 is 0 Å². The van der Waals surface area contributed by atoms with E-state index in [-0.39, 0.29) is 17.5 Å². The van der Waals surface area contributed by atoms with Crippen LogP contribution in [0.2, 0.25) is 0 Å². The maximum Gasteiger partial charge on any atom is 0.178 e. The Balaban J connectivity index is 1.65. The minimum atomic E-state index is -3.23. The first-order valence-electron chi connectivity index (χ1n) is 10.9. The molecule has 0 spiro atoms. The van der Waals surface area contributed by atoms with Gasteiger partial charge in [0.2, 0.25) is 0 Å². The predicted molar refractivity (Wildman–Crippen MR) is 127 cm³/mol. The van der Waals surface area contributed by atoms with E-state index in [9.17, 15) is 12.8 Å². The van der Waals surface area contributed by atoms with Crippen molar-refractivity contribution >= 4 is 9.84 Å². The first-order valence-corrected chi connectivity index (χ1v) is 12.6. The molecule has 0 aliphatic carbocycles. The van der Waals surface area contributed by atoms with Crippen molar-refractivity contribution in [2.45, 2.75) is 38.0 Å². The summed E-state index contributed by atoms with van der Waals surface area (Å²) in [5.74, 6) is 0.749. The molecule has 2 aromatic carbocycles. The van der Waals surface area contributed by atoms with Crippen molar-refractivity contribution in [3.05, 3.63) is 77.5 Å². The quantitative estimate of drug-likeness (QED) is 0.423. The number of benzene rings is 2. The fourth-order valence-electron chi connectivity index (χ4n) is 4.24. The molecule has 0 atom stereocenters. The van der Waals surface area contributed by atoms with E-state index in [1.165, 1.54) is 6.07 Å². The highest BCUT2D eigenvalue weighted by Crippen LogP contribution is 2.36. The van der Waals surface area contributed by atoms with Crippen molar-refractivity contribution in [2.24, 2.45) is 0 Å². The van der Waals surface area contributed by atoms with Crippen molar-refractivity contribution in [3.63, 3.8) is 0 Å². The van der Waals surface area contributed by atoms with Gasteiger partial charge in [0.1, 0.15) is 11.6 Å². The van der Waals surface area contributed by atoms with Gasteiger partial charge in [-0.05, 0) is 66.9 Å². The molecule has 0 saturated carbocycles. The first-order chi connectivity index (χ1) is 15.7. The lowest BCUT2D eigenvalue weighted by Crippen LogP contribution is -1.98. The summed E-state index contributed by atoms with van der Waals surface area (Å²) in [6.07, 6.45) is 0.451. The molecule has 168 valence electrons. The van der Waals surface area contributed by atoms with E-state index >= 15 is 0 Å². The SMILES string of the molecule is Cc1cccc(-c2[nH]c(C(C)C)nc2-c2ccc(F)c(-c3ccc4c(c3)CCS4(=O)=O)c2)n1. The third kappa shape index (κ3) is 3.86. The number of pyridine rings is 1. The maximum absolute atomic E-state index is 14.9. The largest absolute Gasteiger partial charge is 0.340 e. The summed E-state index contributed by atoms with van der Waals surface area (Å²) in [4.78, 5) is 13.2. The highest BCUT2D eigenvalue weighted by molar-refractivity contribution is 7.91. The second-order valence-corrected chi connectivity index (χ2v) is 10.8. The molecule has 0 amide bonds. The lowest BCUT2D eigenvalue weighted by Gasteiger charge is -2.09. The summed E-state index contributed by atoms with van der Waals surface area (Å²) in [7, 11) is -3.23. The van der Waals surface area contributed by atoms with Crippen LogP contribution < -0.4 is 0 Å². The van der Waals surface area contributed by atoms with Crippen LogP contribution in [0.1, 0.15) is 36.8 Å². The molecule has 3 heterocycles. The highest BCUT2D eigenvalue weighted by Gasteiger charge is 2.26. The van der Waals surface area contributed by atoms with E-state index in [2.05, 4.69) is 23.8 Å². The Morgan fingerprint density at radius 1 is 1.00 bits per heavy atom. The molecule has 33 heavy (non-hydrogen) atoms. The number of hydrogen-bond acceptors (Lipinski definition) is 4. The number of aromatic nitrogens is 3. The van der Waals surface area contributed by atoms with Crippen LogP contribution in [0, 0.1) is 12.7 Å². The number of hydrogen-bond donors (Lipinski definition) is 1. The molecular weight excluding hydrogens is 437 g/mol. The van der Waals surface area contributed by atoms with Gasteiger partial charge in [-0.3, -0.25) is 4.98 Å². The second-order valence-electron chi connectivity index (χ2n) is 8.75. The van der Waals surface area contributed by atoms with Gasteiger partial charge >= 0.3 is 0 Å². The van der Waals surface area contributed by atoms with Gasteiger partial charge in [0.05, 0.1) is 27.7 Å². The van der Waals surface area contributed by atoms with Crippen molar-refractivity contribution < 1.29 is 12.8 Å². The van der Waals surface area contributed by atoms with Gasteiger partial charge in [0.25, 0.3) is 0 Å². The number of aryl methyl sites for hydroxylation is 2. The zero-order chi connectivity index (χ0) is 23.3. The predicted octanol–water partition coefficient (Wildman–Crippen LogP) is 5.71. The van der Waals surface area contributed by atoms with Crippen molar-refractivity contribution in [2.75, 3.05) is 5.75 Å². The smallest absolute Gasteiger partial charge is 0.178 e. The van der Waals surface area contributed by atoms with Crippen LogP contribution in [0.15, 0.2) is 59.5 Å². The summed E-state index contributed by atoms with van der Waals surface area (Å²) >= 11 is 0.